The Morgan fingerprint density at radius 2 is 1.94 bits per heavy atom. The van der Waals surface area contributed by atoms with Crippen molar-refractivity contribution in [1.82, 2.24) is 4.72 Å². The topological polar surface area (TPSA) is 72.2 Å². The minimum absolute atomic E-state index is 0.00808. The molecule has 0 aromatic carbocycles. The SMILES string of the molecule is CCC(N)(CC)CNS(=O)(=O)c1cc(Cl)sc1Cl. The molecule has 104 valence electrons. The van der Waals surface area contributed by atoms with Gasteiger partial charge in [0.1, 0.15) is 9.23 Å². The first-order valence-corrected chi connectivity index (χ1v) is 8.53. The maximum Gasteiger partial charge on any atom is 0.243 e. The van der Waals surface area contributed by atoms with Crippen LogP contribution in [0, 0.1) is 0 Å². The van der Waals surface area contributed by atoms with Crippen LogP contribution < -0.4 is 10.5 Å². The number of rotatable bonds is 6. The van der Waals surface area contributed by atoms with E-state index in [9.17, 15) is 8.42 Å². The molecule has 0 saturated heterocycles. The molecule has 0 fully saturated rings. The van der Waals surface area contributed by atoms with Gasteiger partial charge in [-0.25, -0.2) is 13.1 Å². The van der Waals surface area contributed by atoms with Crippen LogP contribution in [0.4, 0.5) is 0 Å². The molecule has 4 nitrogen and oxygen atoms in total. The Hall–Kier alpha value is 0.150. The summed E-state index contributed by atoms with van der Waals surface area (Å²) in [7, 11) is -3.66. The molecule has 0 aliphatic carbocycles. The van der Waals surface area contributed by atoms with E-state index < -0.39 is 15.6 Å². The van der Waals surface area contributed by atoms with Gasteiger partial charge in [-0.3, -0.25) is 0 Å². The summed E-state index contributed by atoms with van der Waals surface area (Å²) in [4.78, 5) is 0.00808. The van der Waals surface area contributed by atoms with E-state index in [1.807, 2.05) is 13.8 Å². The number of hydrogen-bond donors (Lipinski definition) is 2. The van der Waals surface area contributed by atoms with Gasteiger partial charge in [0.15, 0.2) is 0 Å². The third-order valence-electron chi connectivity index (χ3n) is 2.94. The van der Waals surface area contributed by atoms with Crippen molar-refractivity contribution in [2.75, 3.05) is 6.54 Å². The van der Waals surface area contributed by atoms with Crippen LogP contribution >= 0.6 is 34.5 Å². The molecule has 0 aliphatic rings. The van der Waals surface area contributed by atoms with E-state index in [0.717, 1.165) is 11.3 Å². The summed E-state index contributed by atoms with van der Waals surface area (Å²) in [5, 5.41) is 0. The first-order valence-electron chi connectivity index (χ1n) is 5.47. The third-order valence-corrected chi connectivity index (χ3v) is 6.09. The molecule has 1 aromatic heterocycles. The van der Waals surface area contributed by atoms with Crippen LogP contribution in [0.1, 0.15) is 26.7 Å². The molecule has 0 bridgehead atoms. The zero-order valence-electron chi connectivity index (χ0n) is 10.2. The van der Waals surface area contributed by atoms with Gasteiger partial charge in [0, 0.05) is 12.1 Å². The minimum atomic E-state index is -3.66. The molecule has 1 heterocycles. The summed E-state index contributed by atoms with van der Waals surface area (Å²) < 4.78 is 27.1. The number of thiophene rings is 1. The Bertz CT molecular complexity index is 510. The molecule has 0 saturated carbocycles. The predicted octanol–water partition coefficient (Wildman–Crippen LogP) is 2.85. The van der Waals surface area contributed by atoms with Crippen LogP contribution in [0.15, 0.2) is 11.0 Å². The zero-order chi connectivity index (χ0) is 14.0. The van der Waals surface area contributed by atoms with Gasteiger partial charge < -0.3 is 5.73 Å². The molecule has 3 N–H and O–H groups in total. The van der Waals surface area contributed by atoms with Crippen molar-refractivity contribution >= 4 is 44.6 Å². The van der Waals surface area contributed by atoms with Crippen molar-refractivity contribution in [3.63, 3.8) is 0 Å². The normalized spacial score (nSPS) is 12.9. The molecule has 0 atom stereocenters. The lowest BCUT2D eigenvalue weighted by Crippen LogP contribution is -2.49. The van der Waals surface area contributed by atoms with Gasteiger partial charge in [0.25, 0.3) is 0 Å². The summed E-state index contributed by atoms with van der Waals surface area (Å²) >= 11 is 12.6. The van der Waals surface area contributed by atoms with Crippen molar-refractivity contribution in [2.24, 2.45) is 5.73 Å². The molecule has 18 heavy (non-hydrogen) atoms. The molecular formula is C10H16Cl2N2O2S2. The first kappa shape index (κ1) is 16.2. The molecule has 0 amide bonds. The Balaban J connectivity index is 2.87. The molecule has 8 heteroatoms. The van der Waals surface area contributed by atoms with Gasteiger partial charge in [-0.2, -0.15) is 0 Å². The van der Waals surface area contributed by atoms with Crippen molar-refractivity contribution in [2.45, 2.75) is 37.1 Å². The highest BCUT2D eigenvalue weighted by Gasteiger charge is 2.26. The maximum atomic E-state index is 12.0. The van der Waals surface area contributed by atoms with Crippen LogP contribution in [-0.4, -0.2) is 20.5 Å². The van der Waals surface area contributed by atoms with Crippen LogP contribution in [0.25, 0.3) is 0 Å². The Morgan fingerprint density at radius 3 is 2.33 bits per heavy atom. The van der Waals surface area contributed by atoms with Gasteiger partial charge in [0.05, 0.1) is 4.34 Å². The van der Waals surface area contributed by atoms with Crippen LogP contribution in [0.2, 0.25) is 8.67 Å². The fourth-order valence-corrected chi connectivity index (χ4v) is 4.61. The number of halogens is 2. The summed E-state index contributed by atoms with van der Waals surface area (Å²) in [5.74, 6) is 0. The van der Waals surface area contributed by atoms with E-state index in [0.29, 0.717) is 17.2 Å². The molecular weight excluding hydrogens is 315 g/mol. The molecule has 0 aliphatic heterocycles. The second-order valence-electron chi connectivity index (χ2n) is 4.08. The summed E-state index contributed by atoms with van der Waals surface area (Å²) in [6, 6.07) is 1.34. The highest BCUT2D eigenvalue weighted by Crippen LogP contribution is 2.34. The van der Waals surface area contributed by atoms with E-state index in [1.54, 1.807) is 0 Å². The van der Waals surface area contributed by atoms with Gasteiger partial charge in [-0.05, 0) is 18.9 Å². The fourth-order valence-electron chi connectivity index (χ4n) is 1.32. The van der Waals surface area contributed by atoms with Gasteiger partial charge in [0.2, 0.25) is 10.0 Å². The van der Waals surface area contributed by atoms with E-state index >= 15 is 0 Å². The van der Waals surface area contributed by atoms with Crippen LogP contribution in [-0.2, 0) is 10.0 Å². The van der Waals surface area contributed by atoms with Crippen molar-refractivity contribution < 1.29 is 8.42 Å². The number of sulfonamides is 1. The summed E-state index contributed by atoms with van der Waals surface area (Å²) in [6.45, 7) is 4.02. The number of hydrogen-bond acceptors (Lipinski definition) is 4. The lowest BCUT2D eigenvalue weighted by Gasteiger charge is -2.26. The quantitative estimate of drug-likeness (QED) is 0.842. The monoisotopic (exact) mass is 330 g/mol. The molecule has 0 unspecified atom stereocenters. The van der Waals surface area contributed by atoms with E-state index in [4.69, 9.17) is 28.9 Å². The van der Waals surface area contributed by atoms with Gasteiger partial charge >= 0.3 is 0 Å². The Morgan fingerprint density at radius 1 is 1.39 bits per heavy atom. The fraction of sp³-hybridized carbons (Fsp3) is 0.600. The molecule has 0 spiro atoms. The van der Waals surface area contributed by atoms with Gasteiger partial charge in [-0.15, -0.1) is 11.3 Å². The van der Waals surface area contributed by atoms with E-state index in [-0.39, 0.29) is 15.8 Å². The van der Waals surface area contributed by atoms with Crippen LogP contribution in [0.5, 0.6) is 0 Å². The Labute approximate surface area is 122 Å². The highest BCUT2D eigenvalue weighted by atomic mass is 35.5. The average Bonchev–Trinajstić information content (AvgIpc) is 2.66. The summed E-state index contributed by atoms with van der Waals surface area (Å²) in [6.07, 6.45) is 1.37. The summed E-state index contributed by atoms with van der Waals surface area (Å²) in [5.41, 5.74) is 5.50. The maximum absolute atomic E-state index is 12.0. The molecule has 1 rings (SSSR count). The zero-order valence-corrected chi connectivity index (χ0v) is 13.3. The second kappa shape index (κ2) is 6.07. The number of nitrogens with two attached hydrogens (primary N) is 1. The lowest BCUT2D eigenvalue weighted by atomic mass is 9.95. The second-order valence-corrected chi connectivity index (χ2v) is 8.10. The Kier molecular flexibility index (Phi) is 5.46. The smallest absolute Gasteiger partial charge is 0.243 e. The number of nitrogens with one attached hydrogen (secondary N) is 1. The minimum Gasteiger partial charge on any atom is -0.324 e. The highest BCUT2D eigenvalue weighted by molar-refractivity contribution is 7.89. The van der Waals surface area contributed by atoms with E-state index in [2.05, 4.69) is 4.72 Å². The van der Waals surface area contributed by atoms with Crippen molar-refractivity contribution in [1.29, 1.82) is 0 Å². The van der Waals surface area contributed by atoms with Crippen molar-refractivity contribution in [3.05, 3.63) is 14.7 Å². The van der Waals surface area contributed by atoms with Gasteiger partial charge in [-0.1, -0.05) is 37.0 Å². The first-order chi connectivity index (χ1) is 8.24. The lowest BCUT2D eigenvalue weighted by molar-refractivity contribution is 0.392. The average molecular weight is 331 g/mol. The predicted molar refractivity (Wildman–Crippen MR) is 77.0 cm³/mol. The molecule has 1 aromatic rings. The standard InChI is InChI=1S/C10H16Cl2N2O2S2/c1-3-10(13,4-2)6-14-18(15,16)7-5-8(11)17-9(7)12/h5,14H,3-4,6,13H2,1-2H3. The van der Waals surface area contributed by atoms with Crippen LogP contribution in [0.3, 0.4) is 0 Å². The largest absolute Gasteiger partial charge is 0.324 e. The van der Waals surface area contributed by atoms with E-state index in [1.165, 1.54) is 6.07 Å². The molecule has 0 radical (unpaired) electrons. The van der Waals surface area contributed by atoms with Crippen molar-refractivity contribution in [3.8, 4) is 0 Å². The third kappa shape index (κ3) is 3.82.